The van der Waals surface area contributed by atoms with E-state index < -0.39 is 0 Å². The third-order valence-electron chi connectivity index (χ3n) is 7.13. The maximum Gasteiger partial charge on any atom is 0.167 e. The number of rotatable bonds is 4. The van der Waals surface area contributed by atoms with Crippen LogP contribution in [0.5, 0.6) is 0 Å². The van der Waals surface area contributed by atoms with Gasteiger partial charge in [-0.25, -0.2) is 15.0 Å². The van der Waals surface area contributed by atoms with Crippen molar-refractivity contribution in [2.75, 3.05) is 0 Å². The minimum absolute atomic E-state index is 0.407. The first-order chi connectivity index (χ1) is 20.2. The molecule has 0 amide bonds. The van der Waals surface area contributed by atoms with E-state index in [4.69, 9.17) is 15.0 Å². The molecular formula is C35H20N6. The molecule has 7 aromatic rings. The quantitative estimate of drug-likeness (QED) is 0.235. The minimum atomic E-state index is 0.407. The number of nitriles is 2. The molecule has 0 bridgehead atoms. The predicted molar refractivity (Wildman–Crippen MR) is 160 cm³/mol. The zero-order chi connectivity index (χ0) is 27.8. The highest BCUT2D eigenvalue weighted by Gasteiger charge is 2.22. The Morgan fingerprint density at radius 2 is 1.12 bits per heavy atom. The summed E-state index contributed by atoms with van der Waals surface area (Å²) in [6, 6.07) is 43.6. The van der Waals surface area contributed by atoms with Crippen molar-refractivity contribution in [1.82, 2.24) is 19.5 Å². The Kier molecular flexibility index (Phi) is 5.78. The fourth-order valence-corrected chi connectivity index (χ4v) is 5.28. The molecule has 2 heterocycles. The van der Waals surface area contributed by atoms with Gasteiger partial charge >= 0.3 is 0 Å². The Labute approximate surface area is 236 Å². The smallest absolute Gasteiger partial charge is 0.167 e. The van der Waals surface area contributed by atoms with Crippen molar-refractivity contribution in [3.8, 4) is 52.0 Å². The van der Waals surface area contributed by atoms with E-state index in [2.05, 4.69) is 16.7 Å². The van der Waals surface area contributed by atoms with Crippen molar-refractivity contribution in [1.29, 1.82) is 10.5 Å². The number of hydrogen-bond acceptors (Lipinski definition) is 5. The number of fused-ring (bicyclic) bond motifs is 3. The van der Waals surface area contributed by atoms with Crippen molar-refractivity contribution in [2.45, 2.75) is 0 Å². The number of para-hydroxylation sites is 1. The second kappa shape index (κ2) is 9.89. The van der Waals surface area contributed by atoms with Crippen molar-refractivity contribution >= 4 is 21.8 Å². The molecule has 5 aromatic carbocycles. The Bertz CT molecular complexity index is 2110. The molecule has 0 spiro atoms. The van der Waals surface area contributed by atoms with Crippen LogP contribution in [0.1, 0.15) is 11.1 Å². The van der Waals surface area contributed by atoms with Gasteiger partial charge in [0.1, 0.15) is 0 Å². The van der Waals surface area contributed by atoms with Crippen LogP contribution in [-0.4, -0.2) is 19.5 Å². The van der Waals surface area contributed by atoms with Crippen molar-refractivity contribution in [3.63, 3.8) is 0 Å². The zero-order valence-corrected chi connectivity index (χ0v) is 21.7. The van der Waals surface area contributed by atoms with Gasteiger partial charge in [-0.15, -0.1) is 0 Å². The fraction of sp³-hybridized carbons (Fsp3) is 0. The maximum absolute atomic E-state index is 10.3. The van der Waals surface area contributed by atoms with Crippen LogP contribution in [0.25, 0.3) is 61.7 Å². The molecule has 2 aromatic heterocycles. The van der Waals surface area contributed by atoms with E-state index in [1.54, 1.807) is 6.07 Å². The first-order valence-corrected chi connectivity index (χ1v) is 13.1. The van der Waals surface area contributed by atoms with Crippen LogP contribution in [0.2, 0.25) is 0 Å². The topological polar surface area (TPSA) is 91.2 Å². The third-order valence-corrected chi connectivity index (χ3v) is 7.13. The Balaban J connectivity index is 1.57. The molecule has 0 aliphatic carbocycles. The summed E-state index contributed by atoms with van der Waals surface area (Å²) in [6.07, 6.45) is 0. The summed E-state index contributed by atoms with van der Waals surface area (Å²) < 4.78 is 2.12. The van der Waals surface area contributed by atoms with Gasteiger partial charge in [0, 0.05) is 21.9 Å². The van der Waals surface area contributed by atoms with Crippen LogP contribution in [0, 0.1) is 22.7 Å². The lowest BCUT2D eigenvalue weighted by Gasteiger charge is -2.15. The van der Waals surface area contributed by atoms with Gasteiger partial charge in [0.15, 0.2) is 17.5 Å². The molecule has 0 unspecified atom stereocenters. The Morgan fingerprint density at radius 3 is 1.78 bits per heavy atom. The highest BCUT2D eigenvalue weighted by atomic mass is 15.1. The number of nitrogens with zero attached hydrogens (tertiary/aromatic N) is 6. The first-order valence-electron chi connectivity index (χ1n) is 13.1. The molecule has 0 aliphatic heterocycles. The van der Waals surface area contributed by atoms with Gasteiger partial charge in [-0.3, -0.25) is 0 Å². The summed E-state index contributed by atoms with van der Waals surface area (Å²) in [7, 11) is 0. The average Bonchev–Trinajstić information content (AvgIpc) is 3.38. The normalized spacial score (nSPS) is 10.9. The van der Waals surface area contributed by atoms with Gasteiger partial charge in [0.25, 0.3) is 0 Å². The van der Waals surface area contributed by atoms with Gasteiger partial charge in [-0.1, -0.05) is 84.9 Å². The van der Waals surface area contributed by atoms with Gasteiger partial charge in [-0.2, -0.15) is 10.5 Å². The average molecular weight is 525 g/mol. The van der Waals surface area contributed by atoms with Crippen molar-refractivity contribution in [3.05, 3.63) is 132 Å². The molecule has 7 rings (SSSR count). The van der Waals surface area contributed by atoms with Gasteiger partial charge in [0.2, 0.25) is 0 Å². The second-order valence-electron chi connectivity index (χ2n) is 9.55. The highest BCUT2D eigenvalue weighted by Crippen LogP contribution is 2.37. The van der Waals surface area contributed by atoms with Gasteiger partial charge in [0.05, 0.1) is 45.5 Å². The van der Waals surface area contributed by atoms with E-state index >= 15 is 0 Å². The molecule has 0 atom stereocenters. The Hall–Kier alpha value is -6.11. The molecular weight excluding hydrogens is 504 g/mol. The molecule has 190 valence electrons. The van der Waals surface area contributed by atoms with E-state index in [0.717, 1.165) is 38.6 Å². The lowest BCUT2D eigenvalue weighted by atomic mass is 10.0. The lowest BCUT2D eigenvalue weighted by molar-refractivity contribution is 1.06. The summed E-state index contributed by atoms with van der Waals surface area (Å²) in [4.78, 5) is 14.7. The number of aromatic nitrogens is 4. The van der Waals surface area contributed by atoms with Crippen molar-refractivity contribution in [2.24, 2.45) is 0 Å². The molecule has 0 saturated carbocycles. The fourth-order valence-electron chi connectivity index (χ4n) is 5.28. The largest absolute Gasteiger partial charge is 0.308 e. The van der Waals surface area contributed by atoms with E-state index in [1.807, 2.05) is 115 Å². The molecule has 0 aliphatic rings. The van der Waals surface area contributed by atoms with E-state index in [0.29, 0.717) is 34.2 Å². The summed E-state index contributed by atoms with van der Waals surface area (Å²) >= 11 is 0. The Morgan fingerprint density at radius 1 is 0.512 bits per heavy atom. The highest BCUT2D eigenvalue weighted by molar-refractivity contribution is 6.10. The molecule has 41 heavy (non-hydrogen) atoms. The zero-order valence-electron chi connectivity index (χ0n) is 21.7. The monoisotopic (exact) mass is 524 g/mol. The van der Waals surface area contributed by atoms with Crippen LogP contribution >= 0.6 is 0 Å². The summed E-state index contributed by atoms with van der Waals surface area (Å²) in [5.74, 6) is 1.45. The number of benzene rings is 5. The second-order valence-corrected chi connectivity index (χ2v) is 9.55. The van der Waals surface area contributed by atoms with E-state index in [9.17, 15) is 10.5 Å². The van der Waals surface area contributed by atoms with Crippen LogP contribution in [-0.2, 0) is 0 Å². The van der Waals surface area contributed by atoms with E-state index in [1.165, 1.54) is 0 Å². The lowest BCUT2D eigenvalue weighted by Crippen LogP contribution is -2.05. The molecule has 0 fully saturated rings. The molecule has 0 radical (unpaired) electrons. The van der Waals surface area contributed by atoms with Crippen molar-refractivity contribution < 1.29 is 0 Å². The molecule has 6 heteroatoms. The van der Waals surface area contributed by atoms with Crippen LogP contribution < -0.4 is 0 Å². The van der Waals surface area contributed by atoms with Crippen LogP contribution in [0.15, 0.2) is 121 Å². The number of hydrogen-bond donors (Lipinski definition) is 0. The molecule has 0 saturated heterocycles. The predicted octanol–water partition coefficient (Wildman–Crippen LogP) is 7.71. The summed E-state index contributed by atoms with van der Waals surface area (Å²) in [5.41, 5.74) is 5.99. The molecule has 6 nitrogen and oxygen atoms in total. The molecule has 0 N–H and O–H groups in total. The first kappa shape index (κ1) is 24.0. The minimum Gasteiger partial charge on any atom is -0.308 e. The van der Waals surface area contributed by atoms with E-state index in [-0.39, 0.29) is 0 Å². The maximum atomic E-state index is 10.3. The van der Waals surface area contributed by atoms with Crippen LogP contribution in [0.4, 0.5) is 0 Å². The standard InChI is InChI=1S/C35H20N6/c36-21-23-18-19-30-28(20-23)27-15-7-8-16-29(27)41(30)31-17-9-14-26(22-37)32(31)35-39-33(24-10-3-1-4-11-24)38-34(40-35)25-12-5-2-6-13-25/h1-20H. The third kappa shape index (κ3) is 4.08. The van der Waals surface area contributed by atoms with Gasteiger partial charge < -0.3 is 4.57 Å². The van der Waals surface area contributed by atoms with Crippen LogP contribution in [0.3, 0.4) is 0 Å². The SMILES string of the molecule is N#Cc1ccc2c(c1)c1ccccc1n2-c1cccc(C#N)c1-c1nc(-c2ccccc2)nc(-c2ccccc2)n1. The summed E-state index contributed by atoms with van der Waals surface area (Å²) in [5, 5.41) is 21.9. The summed E-state index contributed by atoms with van der Waals surface area (Å²) in [6.45, 7) is 0. The van der Waals surface area contributed by atoms with Gasteiger partial charge in [-0.05, 0) is 36.4 Å².